The van der Waals surface area contributed by atoms with Crippen LogP contribution in [0.3, 0.4) is 0 Å². The first kappa shape index (κ1) is 12.0. The number of fused-ring (bicyclic) bond motifs is 1. The Morgan fingerprint density at radius 1 is 1.32 bits per heavy atom. The molecule has 0 atom stereocenters. The van der Waals surface area contributed by atoms with Crippen LogP contribution in [0.1, 0.15) is 6.42 Å². The molecule has 0 N–H and O–H groups in total. The molecule has 0 unspecified atom stereocenters. The van der Waals surface area contributed by atoms with Crippen LogP contribution in [0.5, 0.6) is 0 Å². The molecule has 0 fully saturated rings. The number of hydrogen-bond acceptors (Lipinski definition) is 2. The van der Waals surface area contributed by atoms with Crippen LogP contribution < -0.4 is 10.4 Å². The Labute approximate surface area is 116 Å². The fourth-order valence-electron chi connectivity index (χ4n) is 2.07. The van der Waals surface area contributed by atoms with E-state index >= 15 is 0 Å². The quantitative estimate of drug-likeness (QED) is 0.668. The number of nitrogens with zero attached hydrogens (tertiary/aromatic N) is 1. The maximum Gasteiger partial charge on any atom is 0.0346 e. The van der Waals surface area contributed by atoms with E-state index in [-0.39, 0.29) is 0 Å². The molecule has 0 spiro atoms. The molecule has 1 aliphatic carbocycles. The van der Waals surface area contributed by atoms with Crippen LogP contribution in [-0.4, -0.2) is 4.98 Å². The SMILES string of the molecule is C=C1/C=c2/cncc/c2=C/CC2=C(C=C=CC=C2)S1. The van der Waals surface area contributed by atoms with Crippen molar-refractivity contribution in [3.05, 3.63) is 80.9 Å². The Balaban J connectivity index is 2.18. The van der Waals surface area contributed by atoms with Crippen molar-refractivity contribution < 1.29 is 0 Å². The maximum absolute atomic E-state index is 4.19. The summed E-state index contributed by atoms with van der Waals surface area (Å²) in [6.45, 7) is 4.13. The second kappa shape index (κ2) is 5.31. The minimum atomic E-state index is 0.906. The average molecular weight is 263 g/mol. The van der Waals surface area contributed by atoms with E-state index in [0.29, 0.717) is 0 Å². The van der Waals surface area contributed by atoms with E-state index in [9.17, 15) is 0 Å². The van der Waals surface area contributed by atoms with Gasteiger partial charge in [0.25, 0.3) is 0 Å². The molecule has 2 aliphatic rings. The zero-order chi connectivity index (χ0) is 13.1. The Bertz CT molecular complexity index is 772. The van der Waals surface area contributed by atoms with Gasteiger partial charge in [-0.2, -0.15) is 0 Å². The molecule has 0 aromatic carbocycles. The van der Waals surface area contributed by atoms with Gasteiger partial charge in [0.2, 0.25) is 0 Å². The van der Waals surface area contributed by atoms with Crippen LogP contribution in [-0.2, 0) is 0 Å². The summed E-state index contributed by atoms with van der Waals surface area (Å²) < 4.78 is 0. The molecule has 19 heavy (non-hydrogen) atoms. The summed E-state index contributed by atoms with van der Waals surface area (Å²) in [5.41, 5.74) is 4.46. The van der Waals surface area contributed by atoms with Crippen LogP contribution in [0.4, 0.5) is 0 Å². The second-order valence-corrected chi connectivity index (χ2v) is 5.52. The van der Waals surface area contributed by atoms with E-state index in [4.69, 9.17) is 0 Å². The number of rotatable bonds is 0. The summed E-state index contributed by atoms with van der Waals surface area (Å²) in [5.74, 6) is 0. The van der Waals surface area contributed by atoms with E-state index in [1.807, 2.05) is 36.7 Å². The van der Waals surface area contributed by atoms with Gasteiger partial charge in [0, 0.05) is 27.4 Å². The van der Waals surface area contributed by atoms with Gasteiger partial charge < -0.3 is 0 Å². The molecule has 1 aromatic rings. The highest BCUT2D eigenvalue weighted by Gasteiger charge is 2.06. The number of hydrogen-bond donors (Lipinski definition) is 0. The van der Waals surface area contributed by atoms with Crippen molar-refractivity contribution in [3.63, 3.8) is 0 Å². The Kier molecular flexibility index (Phi) is 3.37. The average Bonchev–Trinajstić information content (AvgIpc) is 2.59. The highest BCUT2D eigenvalue weighted by atomic mass is 32.2. The van der Waals surface area contributed by atoms with Crippen LogP contribution in [0, 0.1) is 0 Å². The fourth-order valence-corrected chi connectivity index (χ4v) is 2.95. The third kappa shape index (κ3) is 2.70. The molecule has 0 saturated heterocycles. The summed E-state index contributed by atoms with van der Waals surface area (Å²) in [4.78, 5) is 6.42. The third-order valence-electron chi connectivity index (χ3n) is 3.01. The van der Waals surface area contributed by atoms with Crippen molar-refractivity contribution in [2.75, 3.05) is 0 Å². The second-order valence-electron chi connectivity index (χ2n) is 4.35. The first-order chi connectivity index (χ1) is 9.33. The molecule has 2 heterocycles. The molecular formula is C17H13NS. The first-order valence-corrected chi connectivity index (χ1v) is 6.95. The summed E-state index contributed by atoms with van der Waals surface area (Å²) in [6.07, 6.45) is 17.1. The zero-order valence-electron chi connectivity index (χ0n) is 10.5. The molecule has 0 saturated carbocycles. The smallest absolute Gasteiger partial charge is 0.0346 e. The summed E-state index contributed by atoms with van der Waals surface area (Å²) in [5, 5.41) is 2.33. The number of thioether (sulfide) groups is 1. The largest absolute Gasteiger partial charge is 0.264 e. The van der Waals surface area contributed by atoms with Gasteiger partial charge in [0.05, 0.1) is 0 Å². The normalized spacial score (nSPS) is 20.9. The van der Waals surface area contributed by atoms with Crippen molar-refractivity contribution in [1.82, 2.24) is 4.98 Å². The van der Waals surface area contributed by atoms with Gasteiger partial charge in [-0.25, -0.2) is 0 Å². The first-order valence-electron chi connectivity index (χ1n) is 6.14. The van der Waals surface area contributed by atoms with E-state index in [1.54, 1.807) is 11.8 Å². The van der Waals surface area contributed by atoms with Crippen molar-refractivity contribution in [3.8, 4) is 0 Å². The van der Waals surface area contributed by atoms with Gasteiger partial charge >= 0.3 is 0 Å². The highest BCUT2D eigenvalue weighted by molar-refractivity contribution is 8.07. The fraction of sp³-hybridized carbons (Fsp3) is 0.0588. The topological polar surface area (TPSA) is 12.9 Å². The van der Waals surface area contributed by atoms with E-state index in [0.717, 1.165) is 16.5 Å². The summed E-state index contributed by atoms with van der Waals surface area (Å²) in [7, 11) is 0. The van der Waals surface area contributed by atoms with E-state index < -0.39 is 0 Å². The Morgan fingerprint density at radius 3 is 3.21 bits per heavy atom. The van der Waals surface area contributed by atoms with Crippen LogP contribution in [0.15, 0.2) is 70.5 Å². The predicted molar refractivity (Wildman–Crippen MR) is 82.6 cm³/mol. The van der Waals surface area contributed by atoms with Gasteiger partial charge in [-0.1, -0.05) is 36.6 Å². The van der Waals surface area contributed by atoms with Crippen molar-refractivity contribution in [2.24, 2.45) is 0 Å². The minimum Gasteiger partial charge on any atom is -0.264 e. The number of allylic oxidation sites excluding steroid dienone is 5. The molecule has 2 heteroatoms. The molecule has 92 valence electrons. The van der Waals surface area contributed by atoms with Gasteiger partial charge in [0.1, 0.15) is 0 Å². The molecule has 1 aromatic heterocycles. The molecule has 0 radical (unpaired) electrons. The maximum atomic E-state index is 4.19. The van der Waals surface area contributed by atoms with Crippen molar-refractivity contribution >= 4 is 23.9 Å². The molecule has 1 nitrogen and oxygen atoms in total. The number of pyridine rings is 1. The molecule has 3 rings (SSSR count). The van der Waals surface area contributed by atoms with Crippen LogP contribution in [0.2, 0.25) is 0 Å². The molecule has 0 amide bonds. The van der Waals surface area contributed by atoms with Gasteiger partial charge in [0.15, 0.2) is 0 Å². The summed E-state index contributed by atoms with van der Waals surface area (Å²) >= 11 is 1.69. The van der Waals surface area contributed by atoms with E-state index in [2.05, 4.69) is 35.5 Å². The lowest BCUT2D eigenvalue weighted by Crippen LogP contribution is -2.24. The van der Waals surface area contributed by atoms with Gasteiger partial charge in [-0.05, 0) is 41.5 Å². The summed E-state index contributed by atoms with van der Waals surface area (Å²) in [6, 6.07) is 2.05. The van der Waals surface area contributed by atoms with Gasteiger partial charge in [-0.15, -0.1) is 5.73 Å². The van der Waals surface area contributed by atoms with E-state index in [1.165, 1.54) is 15.7 Å². The van der Waals surface area contributed by atoms with Crippen LogP contribution in [0.25, 0.3) is 12.2 Å². The lowest BCUT2D eigenvalue weighted by atomic mass is 10.1. The number of aromatic nitrogens is 1. The molecular weight excluding hydrogens is 250 g/mol. The van der Waals surface area contributed by atoms with Crippen molar-refractivity contribution in [1.29, 1.82) is 0 Å². The minimum absolute atomic E-state index is 0.906. The molecule has 1 aliphatic heterocycles. The Hall–Kier alpha value is -2.02. The monoisotopic (exact) mass is 263 g/mol. The lowest BCUT2D eigenvalue weighted by molar-refractivity contribution is 1.26. The predicted octanol–water partition coefficient (Wildman–Crippen LogP) is 2.83. The lowest BCUT2D eigenvalue weighted by Gasteiger charge is -2.05. The third-order valence-corrected chi connectivity index (χ3v) is 3.99. The van der Waals surface area contributed by atoms with Crippen LogP contribution >= 0.6 is 11.8 Å². The van der Waals surface area contributed by atoms with Crippen molar-refractivity contribution in [2.45, 2.75) is 6.42 Å². The standard InChI is InChI=1S/C17H13NS/c1-13-11-16-12-18-10-9-14(16)7-8-15-5-3-2-4-6-17(15)19-13/h2-3,5-7,9-12H,1,8H2/b14-7-,16-11-. The Morgan fingerprint density at radius 2 is 2.26 bits per heavy atom. The molecule has 0 bridgehead atoms. The highest BCUT2D eigenvalue weighted by Crippen LogP contribution is 2.31. The zero-order valence-corrected chi connectivity index (χ0v) is 11.3. The van der Waals surface area contributed by atoms with Gasteiger partial charge in [-0.3, -0.25) is 4.98 Å².